The van der Waals surface area contributed by atoms with Crippen LogP contribution in [0.5, 0.6) is 0 Å². The summed E-state index contributed by atoms with van der Waals surface area (Å²) in [5, 5.41) is 2.83. The number of ketones is 1. The molecule has 1 amide bonds. The smallest absolute Gasteiger partial charge is 0.224 e. The Bertz CT molecular complexity index is 709. The van der Waals surface area contributed by atoms with Crippen molar-refractivity contribution in [1.29, 1.82) is 0 Å². The topological polar surface area (TPSA) is 46.2 Å². The van der Waals surface area contributed by atoms with Crippen molar-refractivity contribution in [2.24, 2.45) is 0 Å². The zero-order valence-electron chi connectivity index (χ0n) is 10.7. The van der Waals surface area contributed by atoms with Crippen molar-refractivity contribution in [2.45, 2.75) is 12.8 Å². The Morgan fingerprint density at radius 1 is 1.10 bits per heavy atom. The van der Waals surface area contributed by atoms with E-state index < -0.39 is 0 Å². The Labute approximate surface area is 130 Å². The summed E-state index contributed by atoms with van der Waals surface area (Å²) in [6.45, 7) is 0. The number of rotatable bonds is 2. The van der Waals surface area contributed by atoms with Crippen LogP contribution >= 0.6 is 22.6 Å². The van der Waals surface area contributed by atoms with Gasteiger partial charge in [0.2, 0.25) is 5.91 Å². The van der Waals surface area contributed by atoms with Crippen LogP contribution < -0.4 is 5.32 Å². The highest BCUT2D eigenvalue weighted by Gasteiger charge is 2.18. The van der Waals surface area contributed by atoms with E-state index in [2.05, 4.69) is 27.9 Å². The van der Waals surface area contributed by atoms with Gasteiger partial charge >= 0.3 is 0 Å². The number of carbonyl (C=O) groups is 2. The summed E-state index contributed by atoms with van der Waals surface area (Å²) in [4.78, 5) is 23.9. The van der Waals surface area contributed by atoms with Gasteiger partial charge in [-0.3, -0.25) is 9.59 Å². The van der Waals surface area contributed by atoms with Gasteiger partial charge in [0, 0.05) is 26.8 Å². The maximum atomic E-state index is 12.5. The monoisotopic (exact) mass is 377 g/mol. The molecule has 0 saturated heterocycles. The van der Waals surface area contributed by atoms with E-state index in [0.717, 1.165) is 14.8 Å². The lowest BCUT2D eigenvalue weighted by Crippen LogP contribution is -2.19. The molecular formula is C16H12INO2. The molecule has 2 aromatic carbocycles. The number of hydrogen-bond donors (Lipinski definition) is 1. The molecule has 4 heteroatoms. The second-order valence-electron chi connectivity index (χ2n) is 4.73. The van der Waals surface area contributed by atoms with Crippen LogP contribution in [-0.4, -0.2) is 11.7 Å². The number of halogens is 1. The van der Waals surface area contributed by atoms with Gasteiger partial charge in [0.05, 0.1) is 0 Å². The zero-order valence-corrected chi connectivity index (χ0v) is 12.8. The molecule has 0 aliphatic carbocycles. The molecule has 3 rings (SSSR count). The normalized spacial score (nSPS) is 13.6. The highest BCUT2D eigenvalue weighted by atomic mass is 127. The third-order valence-electron chi connectivity index (χ3n) is 3.38. The van der Waals surface area contributed by atoms with E-state index in [1.807, 2.05) is 36.4 Å². The quantitative estimate of drug-likeness (QED) is 0.644. The molecule has 0 fully saturated rings. The van der Waals surface area contributed by atoms with E-state index in [-0.39, 0.29) is 11.7 Å². The van der Waals surface area contributed by atoms with Gasteiger partial charge in [0.25, 0.3) is 0 Å². The minimum absolute atomic E-state index is 0.0229. The summed E-state index contributed by atoms with van der Waals surface area (Å²) in [6.07, 6.45) is 1.17. The molecule has 1 N–H and O–H groups in total. The summed E-state index contributed by atoms with van der Waals surface area (Å²) in [7, 11) is 0. The Kier molecular flexibility index (Phi) is 3.56. The molecular weight excluding hydrogens is 365 g/mol. The highest BCUT2D eigenvalue weighted by molar-refractivity contribution is 14.1. The van der Waals surface area contributed by atoms with E-state index in [0.29, 0.717) is 24.0 Å². The molecule has 1 aliphatic heterocycles. The summed E-state index contributed by atoms with van der Waals surface area (Å²) in [6, 6.07) is 13.0. The van der Waals surface area contributed by atoms with E-state index in [1.54, 1.807) is 6.07 Å². The third-order valence-corrected chi connectivity index (χ3v) is 4.32. The molecule has 0 saturated carbocycles. The molecule has 2 aromatic rings. The predicted octanol–water partition coefficient (Wildman–Crippen LogP) is 3.41. The first-order valence-electron chi connectivity index (χ1n) is 6.37. The zero-order chi connectivity index (χ0) is 14.1. The molecule has 0 radical (unpaired) electrons. The van der Waals surface area contributed by atoms with Crippen molar-refractivity contribution < 1.29 is 9.59 Å². The molecule has 20 heavy (non-hydrogen) atoms. The lowest BCUT2D eigenvalue weighted by atomic mass is 9.96. The van der Waals surface area contributed by atoms with Crippen molar-refractivity contribution in [1.82, 2.24) is 0 Å². The lowest BCUT2D eigenvalue weighted by molar-refractivity contribution is -0.116. The predicted molar refractivity (Wildman–Crippen MR) is 86.0 cm³/mol. The molecule has 0 bridgehead atoms. The van der Waals surface area contributed by atoms with Crippen LogP contribution in [0.15, 0.2) is 42.5 Å². The standard InChI is InChI=1S/C16H12INO2/c17-13-4-2-1-3-12(13)16(20)11-5-7-14-10(9-11)6-8-15(19)18-14/h1-5,7,9H,6,8H2,(H,18,19). The number of amides is 1. The Morgan fingerprint density at radius 2 is 1.90 bits per heavy atom. The minimum Gasteiger partial charge on any atom is -0.326 e. The Morgan fingerprint density at radius 3 is 2.70 bits per heavy atom. The van der Waals surface area contributed by atoms with Gasteiger partial charge in [0.15, 0.2) is 5.78 Å². The van der Waals surface area contributed by atoms with Crippen molar-refractivity contribution in [2.75, 3.05) is 5.32 Å². The first-order chi connectivity index (χ1) is 9.65. The second kappa shape index (κ2) is 5.36. The molecule has 100 valence electrons. The Balaban J connectivity index is 1.98. The van der Waals surface area contributed by atoms with Crippen molar-refractivity contribution in [3.8, 4) is 0 Å². The molecule has 0 unspecified atom stereocenters. The maximum absolute atomic E-state index is 12.5. The minimum atomic E-state index is 0.0229. The molecule has 0 atom stereocenters. The number of fused-ring (bicyclic) bond motifs is 1. The van der Waals surface area contributed by atoms with Crippen LogP contribution in [0.25, 0.3) is 0 Å². The maximum Gasteiger partial charge on any atom is 0.224 e. The third kappa shape index (κ3) is 2.47. The van der Waals surface area contributed by atoms with Crippen LogP contribution in [0, 0.1) is 3.57 Å². The molecule has 0 spiro atoms. The fraction of sp³-hybridized carbons (Fsp3) is 0.125. The second-order valence-corrected chi connectivity index (χ2v) is 5.89. The first-order valence-corrected chi connectivity index (χ1v) is 7.45. The Hall–Kier alpha value is -1.69. The molecule has 1 heterocycles. The molecule has 0 aromatic heterocycles. The van der Waals surface area contributed by atoms with Gasteiger partial charge in [-0.05, 0) is 64.9 Å². The number of benzene rings is 2. The average molecular weight is 377 g/mol. The van der Waals surface area contributed by atoms with E-state index in [1.165, 1.54) is 0 Å². The number of anilines is 1. The summed E-state index contributed by atoms with van der Waals surface area (Å²) in [5.41, 5.74) is 3.24. The van der Waals surface area contributed by atoms with Crippen molar-refractivity contribution >= 4 is 40.0 Å². The SMILES string of the molecule is O=C1CCc2cc(C(=O)c3ccccc3I)ccc2N1. The van der Waals surface area contributed by atoms with Crippen molar-refractivity contribution in [3.63, 3.8) is 0 Å². The molecule has 3 nitrogen and oxygen atoms in total. The summed E-state index contributed by atoms with van der Waals surface area (Å²) in [5.74, 6) is 0.0592. The van der Waals surface area contributed by atoms with Gasteiger partial charge in [0.1, 0.15) is 0 Å². The number of aryl methyl sites for hydroxylation is 1. The van der Waals surface area contributed by atoms with Crippen LogP contribution in [-0.2, 0) is 11.2 Å². The van der Waals surface area contributed by atoms with Crippen LogP contribution in [0.4, 0.5) is 5.69 Å². The fourth-order valence-corrected chi connectivity index (χ4v) is 2.96. The van der Waals surface area contributed by atoms with E-state index in [9.17, 15) is 9.59 Å². The van der Waals surface area contributed by atoms with Gasteiger partial charge in [-0.2, -0.15) is 0 Å². The number of nitrogens with one attached hydrogen (secondary N) is 1. The highest BCUT2D eigenvalue weighted by Crippen LogP contribution is 2.25. The van der Waals surface area contributed by atoms with Crippen LogP contribution in [0.3, 0.4) is 0 Å². The van der Waals surface area contributed by atoms with Crippen molar-refractivity contribution in [3.05, 3.63) is 62.7 Å². The van der Waals surface area contributed by atoms with Gasteiger partial charge in [-0.25, -0.2) is 0 Å². The van der Waals surface area contributed by atoms with E-state index in [4.69, 9.17) is 0 Å². The molecule has 1 aliphatic rings. The summed E-state index contributed by atoms with van der Waals surface area (Å²) >= 11 is 2.17. The van der Waals surface area contributed by atoms with Gasteiger partial charge in [-0.15, -0.1) is 0 Å². The number of carbonyl (C=O) groups excluding carboxylic acids is 2. The van der Waals surface area contributed by atoms with E-state index >= 15 is 0 Å². The van der Waals surface area contributed by atoms with Gasteiger partial charge < -0.3 is 5.32 Å². The first kappa shape index (κ1) is 13.3. The largest absolute Gasteiger partial charge is 0.326 e. The fourth-order valence-electron chi connectivity index (χ4n) is 2.33. The van der Waals surface area contributed by atoms with Crippen LogP contribution in [0.1, 0.15) is 27.9 Å². The average Bonchev–Trinajstić information content (AvgIpc) is 2.46. The summed E-state index contributed by atoms with van der Waals surface area (Å²) < 4.78 is 0.945. The van der Waals surface area contributed by atoms with Gasteiger partial charge in [-0.1, -0.05) is 12.1 Å². The van der Waals surface area contributed by atoms with Crippen LogP contribution in [0.2, 0.25) is 0 Å². The lowest BCUT2D eigenvalue weighted by Gasteiger charge is -2.17. The number of hydrogen-bond acceptors (Lipinski definition) is 2.